The SMILES string of the molecule is C#CCN(CC)C(=O)Nc1cc(Cl)cc(Cl)c1. The molecule has 1 aromatic carbocycles. The third-order valence-electron chi connectivity index (χ3n) is 2.06. The number of urea groups is 1. The Labute approximate surface area is 111 Å². The van der Waals surface area contributed by atoms with Crippen molar-refractivity contribution in [3.8, 4) is 12.3 Å². The van der Waals surface area contributed by atoms with Gasteiger partial charge in [0.15, 0.2) is 0 Å². The second kappa shape index (κ2) is 6.39. The number of carbonyl (C=O) groups is 1. The molecule has 2 amide bonds. The van der Waals surface area contributed by atoms with Crippen LogP contribution in [-0.4, -0.2) is 24.0 Å². The molecular formula is C12H12Cl2N2O. The summed E-state index contributed by atoms with van der Waals surface area (Å²) in [6.45, 7) is 2.64. The summed E-state index contributed by atoms with van der Waals surface area (Å²) in [6, 6.07) is 4.56. The minimum atomic E-state index is -0.274. The van der Waals surface area contributed by atoms with Gasteiger partial charge < -0.3 is 10.2 Å². The molecule has 0 aromatic heterocycles. The largest absolute Gasteiger partial charge is 0.322 e. The first kappa shape index (κ1) is 13.7. The lowest BCUT2D eigenvalue weighted by molar-refractivity contribution is 0.220. The number of hydrogen-bond acceptors (Lipinski definition) is 1. The van der Waals surface area contributed by atoms with Gasteiger partial charge in [0.05, 0.1) is 6.54 Å². The third-order valence-corrected chi connectivity index (χ3v) is 2.50. The van der Waals surface area contributed by atoms with Crippen molar-refractivity contribution in [3.63, 3.8) is 0 Å². The van der Waals surface area contributed by atoms with Crippen molar-refractivity contribution in [1.29, 1.82) is 0 Å². The molecule has 0 saturated carbocycles. The Kier molecular flexibility index (Phi) is 5.14. The molecule has 0 aliphatic carbocycles. The molecule has 0 aliphatic rings. The maximum Gasteiger partial charge on any atom is 0.322 e. The van der Waals surface area contributed by atoms with Gasteiger partial charge in [0.2, 0.25) is 0 Å². The minimum Gasteiger partial charge on any atom is -0.314 e. The lowest BCUT2D eigenvalue weighted by Gasteiger charge is -2.18. The van der Waals surface area contributed by atoms with Gasteiger partial charge in [-0.25, -0.2) is 4.79 Å². The fraction of sp³-hybridized carbons (Fsp3) is 0.250. The lowest BCUT2D eigenvalue weighted by atomic mass is 10.3. The molecule has 0 saturated heterocycles. The molecule has 0 fully saturated rings. The zero-order valence-electron chi connectivity index (χ0n) is 9.34. The van der Waals surface area contributed by atoms with E-state index in [0.29, 0.717) is 22.3 Å². The highest BCUT2D eigenvalue weighted by Gasteiger charge is 2.10. The number of amides is 2. The number of carbonyl (C=O) groups excluding carboxylic acids is 1. The molecule has 0 heterocycles. The Hall–Kier alpha value is -1.37. The van der Waals surface area contributed by atoms with Gasteiger partial charge in [-0.3, -0.25) is 0 Å². The molecule has 0 bridgehead atoms. The highest BCUT2D eigenvalue weighted by atomic mass is 35.5. The van der Waals surface area contributed by atoms with Gasteiger partial charge in [0, 0.05) is 22.3 Å². The molecule has 3 nitrogen and oxygen atoms in total. The van der Waals surface area contributed by atoms with Crippen LogP contribution in [0.3, 0.4) is 0 Å². The first-order valence-corrected chi connectivity index (χ1v) is 5.78. The van der Waals surface area contributed by atoms with Crippen molar-refractivity contribution in [1.82, 2.24) is 4.90 Å². The van der Waals surface area contributed by atoms with Gasteiger partial charge in [-0.2, -0.15) is 0 Å². The first-order chi connectivity index (χ1) is 8.06. The number of halogens is 2. The van der Waals surface area contributed by atoms with Crippen molar-refractivity contribution in [2.24, 2.45) is 0 Å². The van der Waals surface area contributed by atoms with E-state index in [0.717, 1.165) is 0 Å². The van der Waals surface area contributed by atoms with Gasteiger partial charge in [-0.05, 0) is 25.1 Å². The van der Waals surface area contributed by atoms with E-state index in [9.17, 15) is 4.79 Å². The van der Waals surface area contributed by atoms with Gasteiger partial charge >= 0.3 is 6.03 Å². The van der Waals surface area contributed by atoms with Crippen molar-refractivity contribution in [2.75, 3.05) is 18.4 Å². The fourth-order valence-corrected chi connectivity index (χ4v) is 1.79. The Bertz CT molecular complexity index is 434. The summed E-state index contributed by atoms with van der Waals surface area (Å²) in [5, 5.41) is 3.61. The summed E-state index contributed by atoms with van der Waals surface area (Å²) in [6.07, 6.45) is 5.17. The predicted octanol–water partition coefficient (Wildman–Crippen LogP) is 3.48. The summed E-state index contributed by atoms with van der Waals surface area (Å²) in [7, 11) is 0. The highest BCUT2D eigenvalue weighted by Crippen LogP contribution is 2.22. The Balaban J connectivity index is 2.77. The van der Waals surface area contributed by atoms with Crippen LogP contribution in [0.2, 0.25) is 10.0 Å². The van der Waals surface area contributed by atoms with Crippen LogP contribution < -0.4 is 5.32 Å². The average Bonchev–Trinajstić information content (AvgIpc) is 2.24. The summed E-state index contributed by atoms with van der Waals surface area (Å²) in [5.41, 5.74) is 0.544. The first-order valence-electron chi connectivity index (χ1n) is 5.02. The maximum absolute atomic E-state index is 11.8. The van der Waals surface area contributed by atoms with Crippen molar-refractivity contribution >= 4 is 34.9 Å². The molecule has 0 atom stereocenters. The molecule has 0 aliphatic heterocycles. The van der Waals surface area contributed by atoms with E-state index in [2.05, 4.69) is 11.2 Å². The topological polar surface area (TPSA) is 32.3 Å². The van der Waals surface area contributed by atoms with Crippen LogP contribution in [0.5, 0.6) is 0 Å². The number of rotatable bonds is 3. The third kappa shape index (κ3) is 4.18. The molecule has 1 N–H and O–H groups in total. The smallest absolute Gasteiger partial charge is 0.314 e. The number of nitrogens with one attached hydrogen (secondary N) is 1. The summed E-state index contributed by atoms with van der Waals surface area (Å²) >= 11 is 11.7. The second-order valence-corrected chi connectivity index (χ2v) is 4.18. The normalized spacial score (nSPS) is 9.53. The summed E-state index contributed by atoms with van der Waals surface area (Å²) in [4.78, 5) is 13.3. The Morgan fingerprint density at radius 1 is 1.41 bits per heavy atom. The van der Waals surface area contributed by atoms with Gasteiger partial charge in [0.25, 0.3) is 0 Å². The van der Waals surface area contributed by atoms with Crippen LogP contribution in [0.25, 0.3) is 0 Å². The number of terminal acetylenes is 1. The van der Waals surface area contributed by atoms with Crippen LogP contribution in [0.15, 0.2) is 18.2 Å². The summed E-state index contributed by atoms with van der Waals surface area (Å²) in [5.74, 6) is 2.42. The van der Waals surface area contributed by atoms with Crippen molar-refractivity contribution in [3.05, 3.63) is 28.2 Å². The van der Waals surface area contributed by atoms with E-state index < -0.39 is 0 Å². The molecule has 90 valence electrons. The van der Waals surface area contributed by atoms with E-state index in [1.54, 1.807) is 18.2 Å². The average molecular weight is 271 g/mol. The number of hydrogen-bond donors (Lipinski definition) is 1. The van der Waals surface area contributed by atoms with Gasteiger partial charge in [-0.15, -0.1) is 6.42 Å². The van der Waals surface area contributed by atoms with Gasteiger partial charge in [0.1, 0.15) is 0 Å². The zero-order chi connectivity index (χ0) is 12.8. The number of benzene rings is 1. The van der Waals surface area contributed by atoms with E-state index in [1.807, 2.05) is 6.92 Å². The fourth-order valence-electron chi connectivity index (χ4n) is 1.27. The number of anilines is 1. The number of nitrogens with zero attached hydrogens (tertiary/aromatic N) is 1. The summed E-state index contributed by atoms with van der Waals surface area (Å²) < 4.78 is 0. The molecule has 0 radical (unpaired) electrons. The van der Waals surface area contributed by atoms with Crippen LogP contribution in [0.1, 0.15) is 6.92 Å². The molecule has 5 heteroatoms. The van der Waals surface area contributed by atoms with Crippen molar-refractivity contribution in [2.45, 2.75) is 6.92 Å². The monoisotopic (exact) mass is 270 g/mol. The molecular weight excluding hydrogens is 259 g/mol. The van der Waals surface area contributed by atoms with Gasteiger partial charge in [-0.1, -0.05) is 29.1 Å². The zero-order valence-corrected chi connectivity index (χ0v) is 10.8. The Morgan fingerprint density at radius 2 is 2.00 bits per heavy atom. The standard InChI is InChI=1S/C12H12Cl2N2O/c1-3-5-16(4-2)12(17)15-11-7-9(13)6-10(14)8-11/h1,6-8H,4-5H2,2H3,(H,15,17). The maximum atomic E-state index is 11.8. The Morgan fingerprint density at radius 3 is 2.47 bits per heavy atom. The molecule has 1 aromatic rings. The van der Waals surface area contributed by atoms with E-state index in [4.69, 9.17) is 29.6 Å². The minimum absolute atomic E-state index is 0.261. The molecule has 1 rings (SSSR count). The van der Waals surface area contributed by atoms with E-state index in [-0.39, 0.29) is 12.6 Å². The van der Waals surface area contributed by atoms with E-state index in [1.165, 1.54) is 4.90 Å². The van der Waals surface area contributed by atoms with Crippen molar-refractivity contribution < 1.29 is 4.79 Å². The van der Waals surface area contributed by atoms with E-state index >= 15 is 0 Å². The van der Waals surface area contributed by atoms with Crippen LogP contribution in [-0.2, 0) is 0 Å². The van der Waals surface area contributed by atoms with Crippen LogP contribution >= 0.6 is 23.2 Å². The lowest BCUT2D eigenvalue weighted by Crippen LogP contribution is -2.35. The second-order valence-electron chi connectivity index (χ2n) is 3.31. The quantitative estimate of drug-likeness (QED) is 0.839. The molecule has 0 unspecified atom stereocenters. The van der Waals surface area contributed by atoms with Crippen LogP contribution in [0.4, 0.5) is 10.5 Å². The molecule has 17 heavy (non-hydrogen) atoms. The molecule has 0 spiro atoms. The highest BCUT2D eigenvalue weighted by molar-refractivity contribution is 6.35. The predicted molar refractivity (Wildman–Crippen MR) is 71.6 cm³/mol. The van der Waals surface area contributed by atoms with Crippen LogP contribution in [0, 0.1) is 12.3 Å².